The number of nitrogens with zero attached hydrogens (tertiary/aromatic N) is 2. The predicted octanol–water partition coefficient (Wildman–Crippen LogP) is 1.32. The van der Waals surface area contributed by atoms with Crippen LogP contribution in [-0.4, -0.2) is 60.7 Å². The Morgan fingerprint density at radius 3 is 2.81 bits per heavy atom. The summed E-state index contributed by atoms with van der Waals surface area (Å²) in [4.78, 5) is 24.1. The molecule has 27 heavy (non-hydrogen) atoms. The molecular weight excluding hydrogens is 353 g/mol. The number of halogens is 1. The zero-order chi connectivity index (χ0) is 19.2. The van der Waals surface area contributed by atoms with Crippen LogP contribution in [0.1, 0.15) is 10.5 Å². The van der Waals surface area contributed by atoms with Crippen LogP contribution in [0.15, 0.2) is 36.5 Å². The number of benzene rings is 1. The molecule has 0 bridgehead atoms. The van der Waals surface area contributed by atoms with Crippen molar-refractivity contribution in [3.05, 3.63) is 48.0 Å². The monoisotopic (exact) mass is 375 g/mol. The van der Waals surface area contributed by atoms with E-state index in [-0.39, 0.29) is 30.9 Å². The molecule has 2 aromatic rings. The first-order chi connectivity index (χ1) is 13.1. The number of nitrogens with one attached hydrogen (secondary N) is 1. The van der Waals surface area contributed by atoms with Crippen molar-refractivity contribution in [2.75, 3.05) is 43.1 Å². The first-order valence-electron chi connectivity index (χ1n) is 8.77. The van der Waals surface area contributed by atoms with Crippen LogP contribution in [0, 0.1) is 5.82 Å². The van der Waals surface area contributed by atoms with Gasteiger partial charge in [-0.05, 0) is 30.3 Å². The highest BCUT2D eigenvalue weighted by Crippen LogP contribution is 2.23. The van der Waals surface area contributed by atoms with Crippen molar-refractivity contribution in [1.82, 2.24) is 4.57 Å². The van der Waals surface area contributed by atoms with Gasteiger partial charge in [-0.1, -0.05) is 0 Å². The Balaban J connectivity index is 1.56. The average molecular weight is 375 g/mol. The molecule has 8 heteroatoms. The van der Waals surface area contributed by atoms with Gasteiger partial charge in [-0.3, -0.25) is 9.59 Å². The van der Waals surface area contributed by atoms with Crippen molar-refractivity contribution < 1.29 is 23.8 Å². The van der Waals surface area contributed by atoms with Crippen LogP contribution in [0.25, 0.3) is 0 Å². The second-order valence-corrected chi connectivity index (χ2v) is 6.33. The largest absolute Gasteiger partial charge is 0.389 e. The lowest BCUT2D eigenvalue weighted by Gasteiger charge is -2.29. The third-order valence-electron chi connectivity index (χ3n) is 4.44. The van der Waals surface area contributed by atoms with Crippen LogP contribution < -0.4 is 10.2 Å². The highest BCUT2D eigenvalue weighted by atomic mass is 19.1. The smallest absolute Gasteiger partial charge is 0.241 e. The molecule has 2 heterocycles. The Morgan fingerprint density at radius 1 is 1.33 bits per heavy atom. The van der Waals surface area contributed by atoms with E-state index in [1.165, 1.54) is 16.7 Å². The molecule has 0 saturated carbocycles. The fraction of sp³-hybridized carbons (Fsp3) is 0.368. The number of anilines is 2. The summed E-state index contributed by atoms with van der Waals surface area (Å²) in [5.74, 6) is -0.971. The van der Waals surface area contributed by atoms with E-state index in [0.717, 1.165) is 0 Å². The highest BCUT2D eigenvalue weighted by molar-refractivity contribution is 6.32. The number of ketones is 1. The summed E-state index contributed by atoms with van der Waals surface area (Å²) in [7, 11) is 0. The maximum atomic E-state index is 14.4. The van der Waals surface area contributed by atoms with Gasteiger partial charge in [0.05, 0.1) is 37.2 Å². The van der Waals surface area contributed by atoms with E-state index in [2.05, 4.69) is 5.32 Å². The Kier molecular flexibility index (Phi) is 6.20. The molecule has 1 atom stereocenters. The molecule has 1 saturated heterocycles. The third-order valence-corrected chi connectivity index (χ3v) is 4.44. The van der Waals surface area contributed by atoms with Crippen molar-refractivity contribution in [2.45, 2.75) is 12.6 Å². The van der Waals surface area contributed by atoms with E-state index >= 15 is 0 Å². The second-order valence-electron chi connectivity index (χ2n) is 6.33. The average Bonchev–Trinajstić information content (AvgIpc) is 3.14. The minimum absolute atomic E-state index is 0.142. The minimum atomic E-state index is -0.822. The van der Waals surface area contributed by atoms with Gasteiger partial charge in [0.15, 0.2) is 6.29 Å². The summed E-state index contributed by atoms with van der Waals surface area (Å²) in [5.41, 5.74) is 1.32. The molecule has 0 spiro atoms. The molecule has 1 aliphatic heterocycles. The normalized spacial score (nSPS) is 15.4. The molecule has 7 nitrogen and oxygen atoms in total. The van der Waals surface area contributed by atoms with Gasteiger partial charge in [0, 0.05) is 31.5 Å². The standard InChI is InChI=1S/C19H22FN3O4/c20-16-10-14(3-4-17(16)22-6-8-27-9-7-22)21-11-15(25)12-23-5-1-2-18(23)19(26)13-24/h1-5,10,13,15,21,25H,6-9,11-12H2. The van der Waals surface area contributed by atoms with Gasteiger partial charge in [-0.2, -0.15) is 0 Å². The van der Waals surface area contributed by atoms with Crippen molar-refractivity contribution in [1.29, 1.82) is 0 Å². The number of rotatable bonds is 8. The molecule has 1 aromatic heterocycles. The molecule has 0 radical (unpaired) electrons. The van der Waals surface area contributed by atoms with E-state index < -0.39 is 11.9 Å². The van der Waals surface area contributed by atoms with Crippen LogP contribution in [0.2, 0.25) is 0 Å². The number of ether oxygens (including phenoxy) is 1. The van der Waals surface area contributed by atoms with Crippen LogP contribution in [0.3, 0.4) is 0 Å². The van der Waals surface area contributed by atoms with E-state index in [4.69, 9.17) is 4.74 Å². The molecule has 144 valence electrons. The Bertz CT molecular complexity index is 802. The number of aliphatic hydroxyl groups is 1. The van der Waals surface area contributed by atoms with Crippen molar-refractivity contribution in [3.63, 3.8) is 0 Å². The van der Waals surface area contributed by atoms with Crippen LogP contribution >= 0.6 is 0 Å². The molecule has 0 amide bonds. The number of morpholine rings is 1. The Labute approximate surface area is 156 Å². The number of aromatic nitrogens is 1. The molecule has 1 fully saturated rings. The summed E-state index contributed by atoms with van der Waals surface area (Å²) < 4.78 is 21.2. The lowest BCUT2D eigenvalue weighted by atomic mass is 10.2. The fourth-order valence-corrected chi connectivity index (χ4v) is 3.06. The molecule has 2 N–H and O–H groups in total. The summed E-state index contributed by atoms with van der Waals surface area (Å²) in [5, 5.41) is 13.2. The maximum Gasteiger partial charge on any atom is 0.241 e. The van der Waals surface area contributed by atoms with E-state index in [9.17, 15) is 19.1 Å². The van der Waals surface area contributed by atoms with Gasteiger partial charge in [-0.15, -0.1) is 0 Å². The van der Waals surface area contributed by atoms with E-state index in [1.807, 2.05) is 4.90 Å². The van der Waals surface area contributed by atoms with Crippen LogP contribution in [-0.2, 0) is 16.1 Å². The molecular formula is C19H22FN3O4. The summed E-state index contributed by atoms with van der Waals surface area (Å²) in [6, 6.07) is 8.03. The lowest BCUT2D eigenvalue weighted by molar-refractivity contribution is -0.104. The van der Waals surface area contributed by atoms with Gasteiger partial charge >= 0.3 is 0 Å². The number of hydrogen-bond acceptors (Lipinski definition) is 6. The van der Waals surface area contributed by atoms with Crippen molar-refractivity contribution >= 4 is 23.4 Å². The summed E-state index contributed by atoms with van der Waals surface area (Å²) >= 11 is 0. The molecule has 1 unspecified atom stereocenters. The maximum absolute atomic E-state index is 14.4. The molecule has 1 aliphatic rings. The van der Waals surface area contributed by atoms with Gasteiger partial charge in [0.25, 0.3) is 0 Å². The number of aliphatic hydroxyl groups excluding tert-OH is 1. The number of carbonyl (C=O) groups excluding carboxylic acids is 2. The Morgan fingerprint density at radius 2 is 2.11 bits per heavy atom. The summed E-state index contributed by atoms with van der Waals surface area (Å²) in [6.07, 6.45) is 1.05. The first kappa shape index (κ1) is 19.1. The quantitative estimate of drug-likeness (QED) is 0.411. The highest BCUT2D eigenvalue weighted by Gasteiger charge is 2.16. The van der Waals surface area contributed by atoms with Gasteiger partial charge in [0.2, 0.25) is 5.78 Å². The summed E-state index contributed by atoms with van der Waals surface area (Å²) in [6.45, 7) is 2.79. The molecule has 3 rings (SSSR count). The fourth-order valence-electron chi connectivity index (χ4n) is 3.06. The predicted molar refractivity (Wildman–Crippen MR) is 98.8 cm³/mol. The third kappa shape index (κ3) is 4.72. The zero-order valence-electron chi connectivity index (χ0n) is 14.8. The number of carbonyl (C=O) groups is 2. The minimum Gasteiger partial charge on any atom is -0.389 e. The zero-order valence-corrected chi connectivity index (χ0v) is 14.8. The SMILES string of the molecule is O=CC(=O)c1cccn1CC(O)CNc1ccc(N2CCOCC2)c(F)c1. The van der Waals surface area contributed by atoms with E-state index in [0.29, 0.717) is 37.7 Å². The number of hydrogen-bond donors (Lipinski definition) is 2. The van der Waals surface area contributed by atoms with Gasteiger partial charge < -0.3 is 24.6 Å². The van der Waals surface area contributed by atoms with Crippen molar-refractivity contribution in [3.8, 4) is 0 Å². The molecule has 1 aromatic carbocycles. The number of Topliss-reactive ketones (excluding diaryl/α,β-unsaturated/α-hetero) is 1. The second kappa shape index (κ2) is 8.79. The lowest BCUT2D eigenvalue weighted by Crippen LogP contribution is -2.36. The number of aldehydes is 1. The van der Waals surface area contributed by atoms with Gasteiger partial charge in [0.1, 0.15) is 5.82 Å². The molecule has 0 aliphatic carbocycles. The van der Waals surface area contributed by atoms with Crippen molar-refractivity contribution in [2.24, 2.45) is 0 Å². The Hall–Kier alpha value is -2.71. The van der Waals surface area contributed by atoms with Gasteiger partial charge in [-0.25, -0.2) is 4.39 Å². The topological polar surface area (TPSA) is 83.8 Å². The van der Waals surface area contributed by atoms with E-state index in [1.54, 1.807) is 24.4 Å². The van der Waals surface area contributed by atoms with Crippen LogP contribution in [0.4, 0.5) is 15.8 Å². The van der Waals surface area contributed by atoms with Crippen LogP contribution in [0.5, 0.6) is 0 Å². The first-order valence-corrected chi connectivity index (χ1v) is 8.77.